The second kappa shape index (κ2) is 8.30. The summed E-state index contributed by atoms with van der Waals surface area (Å²) in [7, 11) is -3.80. The fourth-order valence-electron chi connectivity index (χ4n) is 2.79. The minimum atomic E-state index is -3.80. The Bertz CT molecular complexity index is 1250. The molecule has 0 aliphatic carbocycles. The highest BCUT2D eigenvalue weighted by Crippen LogP contribution is 2.23. The van der Waals surface area contributed by atoms with E-state index >= 15 is 0 Å². The van der Waals surface area contributed by atoms with Crippen molar-refractivity contribution in [3.05, 3.63) is 97.1 Å². The molecule has 1 heterocycles. The van der Waals surface area contributed by atoms with Gasteiger partial charge >= 0.3 is 0 Å². The monoisotopic (exact) mass is 420 g/mol. The van der Waals surface area contributed by atoms with Crippen molar-refractivity contribution in [2.75, 3.05) is 10.0 Å². The number of nitrogens with one attached hydrogen (secondary N) is 2. The first-order valence-electron chi connectivity index (χ1n) is 9.02. The fourth-order valence-corrected chi connectivity index (χ4v) is 3.85. The van der Waals surface area contributed by atoms with Gasteiger partial charge in [-0.2, -0.15) is 0 Å². The van der Waals surface area contributed by atoms with Gasteiger partial charge in [-0.25, -0.2) is 22.8 Å². The lowest BCUT2D eigenvalue weighted by molar-refractivity contribution is 0.599. The highest BCUT2D eigenvalue weighted by Gasteiger charge is 2.14. The maximum Gasteiger partial charge on any atom is 0.261 e. The SMILES string of the molecule is O=S(=O)(Nc1ccc(Nc2cc(-c3ccccc3)ncn2)cc1)c1ccc(F)cc1. The number of hydrogen-bond donors (Lipinski definition) is 2. The van der Waals surface area contributed by atoms with Crippen LogP contribution in [0.4, 0.5) is 21.6 Å². The summed E-state index contributed by atoms with van der Waals surface area (Å²) in [6.07, 6.45) is 1.48. The van der Waals surface area contributed by atoms with Gasteiger partial charge in [0.2, 0.25) is 0 Å². The molecule has 6 nitrogen and oxygen atoms in total. The Kier molecular flexibility index (Phi) is 5.40. The molecule has 8 heteroatoms. The first-order valence-corrected chi connectivity index (χ1v) is 10.5. The fraction of sp³-hybridized carbons (Fsp3) is 0. The van der Waals surface area contributed by atoms with Crippen LogP contribution in [0.5, 0.6) is 0 Å². The molecule has 0 bridgehead atoms. The maximum absolute atomic E-state index is 13.0. The number of halogens is 1. The topological polar surface area (TPSA) is 84.0 Å². The predicted molar refractivity (Wildman–Crippen MR) is 114 cm³/mol. The first kappa shape index (κ1) is 19.5. The average Bonchev–Trinajstić information content (AvgIpc) is 2.76. The quantitative estimate of drug-likeness (QED) is 0.467. The lowest BCUT2D eigenvalue weighted by Crippen LogP contribution is -2.12. The number of anilines is 3. The third-order valence-corrected chi connectivity index (χ3v) is 5.67. The van der Waals surface area contributed by atoms with Gasteiger partial charge in [0.1, 0.15) is 18.0 Å². The molecule has 0 aliphatic heterocycles. The summed E-state index contributed by atoms with van der Waals surface area (Å²) in [5.41, 5.74) is 2.89. The minimum absolute atomic E-state index is 0.0134. The van der Waals surface area contributed by atoms with Gasteiger partial charge in [0.05, 0.1) is 10.6 Å². The van der Waals surface area contributed by atoms with Crippen molar-refractivity contribution in [3.63, 3.8) is 0 Å². The largest absolute Gasteiger partial charge is 0.340 e. The van der Waals surface area contributed by atoms with Crippen molar-refractivity contribution in [2.45, 2.75) is 4.90 Å². The molecule has 0 fully saturated rings. The highest BCUT2D eigenvalue weighted by molar-refractivity contribution is 7.92. The van der Waals surface area contributed by atoms with Crippen molar-refractivity contribution < 1.29 is 12.8 Å². The minimum Gasteiger partial charge on any atom is -0.340 e. The van der Waals surface area contributed by atoms with E-state index in [0.29, 0.717) is 11.5 Å². The summed E-state index contributed by atoms with van der Waals surface area (Å²) in [6.45, 7) is 0. The normalized spacial score (nSPS) is 11.1. The van der Waals surface area contributed by atoms with Gasteiger partial charge in [0.25, 0.3) is 10.0 Å². The molecular weight excluding hydrogens is 403 g/mol. The van der Waals surface area contributed by atoms with E-state index < -0.39 is 15.8 Å². The van der Waals surface area contributed by atoms with Crippen LogP contribution in [0.15, 0.2) is 96.2 Å². The third kappa shape index (κ3) is 4.61. The van der Waals surface area contributed by atoms with E-state index in [0.717, 1.165) is 29.1 Å². The van der Waals surface area contributed by atoms with E-state index in [-0.39, 0.29) is 4.90 Å². The van der Waals surface area contributed by atoms with E-state index in [9.17, 15) is 12.8 Å². The summed E-state index contributed by atoms with van der Waals surface area (Å²) < 4.78 is 40.3. The van der Waals surface area contributed by atoms with Crippen LogP contribution < -0.4 is 10.0 Å². The highest BCUT2D eigenvalue weighted by atomic mass is 32.2. The van der Waals surface area contributed by atoms with E-state index in [2.05, 4.69) is 20.0 Å². The predicted octanol–water partition coefficient (Wildman–Crippen LogP) is 4.83. The van der Waals surface area contributed by atoms with Crippen molar-refractivity contribution >= 4 is 27.2 Å². The zero-order valence-corrected chi connectivity index (χ0v) is 16.5. The van der Waals surface area contributed by atoms with Gasteiger partial charge in [-0.3, -0.25) is 4.72 Å². The van der Waals surface area contributed by atoms with Gasteiger partial charge in [-0.05, 0) is 48.5 Å². The molecule has 0 aliphatic rings. The van der Waals surface area contributed by atoms with Crippen molar-refractivity contribution in [1.82, 2.24) is 9.97 Å². The van der Waals surface area contributed by atoms with Crippen LogP contribution in [-0.2, 0) is 10.0 Å². The molecule has 4 rings (SSSR count). The summed E-state index contributed by atoms with van der Waals surface area (Å²) in [4.78, 5) is 8.50. The van der Waals surface area contributed by atoms with Crippen LogP contribution in [0.1, 0.15) is 0 Å². The van der Waals surface area contributed by atoms with Crippen LogP contribution in [0, 0.1) is 5.82 Å². The van der Waals surface area contributed by atoms with E-state index in [4.69, 9.17) is 0 Å². The molecule has 0 radical (unpaired) electrons. The Balaban J connectivity index is 1.47. The number of sulfonamides is 1. The lowest BCUT2D eigenvalue weighted by atomic mass is 10.1. The zero-order chi connectivity index (χ0) is 21.0. The lowest BCUT2D eigenvalue weighted by Gasteiger charge is -2.10. The summed E-state index contributed by atoms with van der Waals surface area (Å²) in [5.74, 6) is 0.119. The second-order valence-corrected chi connectivity index (χ2v) is 8.10. The van der Waals surface area contributed by atoms with Gasteiger partial charge in [0.15, 0.2) is 0 Å². The Morgan fingerprint density at radius 1 is 0.767 bits per heavy atom. The van der Waals surface area contributed by atoms with Crippen molar-refractivity contribution in [2.24, 2.45) is 0 Å². The molecule has 0 saturated carbocycles. The molecule has 30 heavy (non-hydrogen) atoms. The van der Waals surface area contributed by atoms with Crippen molar-refractivity contribution in [3.8, 4) is 11.3 Å². The van der Waals surface area contributed by atoms with Crippen LogP contribution in [0.25, 0.3) is 11.3 Å². The molecule has 2 N–H and O–H groups in total. The third-order valence-electron chi connectivity index (χ3n) is 4.27. The van der Waals surface area contributed by atoms with Crippen LogP contribution in [0.2, 0.25) is 0 Å². The second-order valence-electron chi connectivity index (χ2n) is 6.42. The Hall–Kier alpha value is -3.78. The standard InChI is InChI=1S/C22H17FN4O2S/c23-17-6-12-20(13-7-17)30(28,29)27-19-10-8-18(9-11-19)26-22-14-21(24-15-25-22)16-4-2-1-3-5-16/h1-15,27H,(H,24,25,26). The zero-order valence-electron chi connectivity index (χ0n) is 15.7. The van der Waals surface area contributed by atoms with Crippen LogP contribution >= 0.6 is 0 Å². The molecule has 0 unspecified atom stereocenters. The molecule has 0 amide bonds. The maximum atomic E-state index is 13.0. The number of nitrogens with zero attached hydrogens (tertiary/aromatic N) is 2. The van der Waals surface area contributed by atoms with Crippen molar-refractivity contribution in [1.29, 1.82) is 0 Å². The number of benzene rings is 3. The molecule has 0 saturated heterocycles. The van der Waals surface area contributed by atoms with Crippen LogP contribution in [0.3, 0.4) is 0 Å². The Morgan fingerprint density at radius 3 is 2.13 bits per heavy atom. The van der Waals surface area contributed by atoms with E-state index in [1.165, 1.54) is 18.5 Å². The Morgan fingerprint density at radius 2 is 1.43 bits per heavy atom. The summed E-state index contributed by atoms with van der Waals surface area (Å²) in [6, 6.07) is 22.9. The molecular formula is C22H17FN4O2S. The number of aromatic nitrogens is 2. The number of rotatable bonds is 6. The molecule has 0 spiro atoms. The summed E-state index contributed by atoms with van der Waals surface area (Å²) in [5, 5.41) is 3.17. The molecule has 1 aromatic heterocycles. The van der Waals surface area contributed by atoms with E-state index in [1.807, 2.05) is 36.4 Å². The smallest absolute Gasteiger partial charge is 0.261 e. The van der Waals surface area contributed by atoms with Gasteiger partial charge in [-0.15, -0.1) is 0 Å². The van der Waals surface area contributed by atoms with E-state index in [1.54, 1.807) is 24.3 Å². The van der Waals surface area contributed by atoms with Crippen LogP contribution in [-0.4, -0.2) is 18.4 Å². The number of hydrogen-bond acceptors (Lipinski definition) is 5. The molecule has 150 valence electrons. The summed E-state index contributed by atoms with van der Waals surface area (Å²) >= 11 is 0. The molecule has 4 aromatic rings. The van der Waals surface area contributed by atoms with Gasteiger partial charge < -0.3 is 5.32 Å². The average molecular weight is 420 g/mol. The van der Waals surface area contributed by atoms with Gasteiger partial charge in [0, 0.05) is 23.0 Å². The molecule has 0 atom stereocenters. The van der Waals surface area contributed by atoms with Gasteiger partial charge in [-0.1, -0.05) is 30.3 Å². The Labute approximate surface area is 173 Å². The molecule has 3 aromatic carbocycles. The first-order chi connectivity index (χ1) is 14.5.